The Bertz CT molecular complexity index is 918. The van der Waals surface area contributed by atoms with Crippen LogP contribution in [0.2, 0.25) is 0 Å². The number of hydrogen-bond donors (Lipinski definition) is 0. The maximum Gasteiger partial charge on any atom is 0.334 e. The van der Waals surface area contributed by atoms with Gasteiger partial charge in [-0.15, -0.1) is 0 Å². The number of nitrogens with zero attached hydrogens (tertiary/aromatic N) is 1. The Labute approximate surface area is 169 Å². The lowest BCUT2D eigenvalue weighted by Gasteiger charge is -2.26. The summed E-state index contributed by atoms with van der Waals surface area (Å²) in [6.45, 7) is 1.87. The van der Waals surface area contributed by atoms with Gasteiger partial charge in [-0.1, -0.05) is 0 Å². The average molecular weight is 391 g/mol. The minimum Gasteiger partial charge on any atom is -0.497 e. The SMILES string of the molecule is CCOC(=O)C1(C#N)C=C(c2ccc(OC)cc2)OC(c2ccc(OC)cc2)=C1. The molecule has 0 aliphatic carbocycles. The number of hydrogen-bond acceptors (Lipinski definition) is 6. The number of benzene rings is 2. The lowest BCUT2D eigenvalue weighted by atomic mass is 9.85. The van der Waals surface area contributed by atoms with E-state index in [1.807, 2.05) is 0 Å². The normalized spacial score (nSPS) is 14.6. The van der Waals surface area contributed by atoms with Gasteiger partial charge < -0.3 is 18.9 Å². The fourth-order valence-electron chi connectivity index (χ4n) is 2.91. The van der Waals surface area contributed by atoms with Crippen LogP contribution in [0.25, 0.3) is 11.5 Å². The first kappa shape index (κ1) is 20.0. The van der Waals surface area contributed by atoms with Crippen LogP contribution in [-0.4, -0.2) is 26.8 Å². The molecule has 1 aliphatic rings. The van der Waals surface area contributed by atoms with Gasteiger partial charge in [-0.25, -0.2) is 4.79 Å². The topological polar surface area (TPSA) is 77.8 Å². The second-order valence-corrected chi connectivity index (χ2v) is 6.28. The van der Waals surface area contributed by atoms with Crippen LogP contribution in [0.3, 0.4) is 0 Å². The highest BCUT2D eigenvalue weighted by Gasteiger charge is 2.41. The van der Waals surface area contributed by atoms with Crippen LogP contribution in [-0.2, 0) is 14.3 Å². The summed E-state index contributed by atoms with van der Waals surface area (Å²) in [5, 5.41) is 9.90. The number of esters is 1. The van der Waals surface area contributed by atoms with Gasteiger partial charge in [0.1, 0.15) is 23.0 Å². The zero-order chi connectivity index (χ0) is 20.9. The second kappa shape index (κ2) is 8.53. The van der Waals surface area contributed by atoms with Crippen LogP contribution in [0, 0.1) is 16.7 Å². The van der Waals surface area contributed by atoms with Gasteiger partial charge in [-0.2, -0.15) is 5.26 Å². The Morgan fingerprint density at radius 1 is 0.931 bits per heavy atom. The van der Waals surface area contributed by atoms with E-state index in [1.165, 1.54) is 12.2 Å². The summed E-state index contributed by atoms with van der Waals surface area (Å²) in [6.07, 6.45) is 2.97. The number of carbonyl (C=O) groups excluding carboxylic acids is 1. The average Bonchev–Trinajstić information content (AvgIpc) is 2.79. The van der Waals surface area contributed by atoms with E-state index in [4.69, 9.17) is 18.9 Å². The molecule has 29 heavy (non-hydrogen) atoms. The molecule has 0 radical (unpaired) electrons. The molecule has 1 aliphatic heterocycles. The van der Waals surface area contributed by atoms with E-state index in [2.05, 4.69) is 6.07 Å². The van der Waals surface area contributed by atoms with Crippen LogP contribution in [0.1, 0.15) is 18.1 Å². The molecule has 2 aromatic rings. The Kier molecular flexibility index (Phi) is 5.89. The highest BCUT2D eigenvalue weighted by Crippen LogP contribution is 2.39. The molecule has 0 atom stereocenters. The zero-order valence-corrected chi connectivity index (χ0v) is 16.5. The first-order chi connectivity index (χ1) is 14.0. The fourth-order valence-corrected chi connectivity index (χ4v) is 2.91. The second-order valence-electron chi connectivity index (χ2n) is 6.28. The maximum absolute atomic E-state index is 12.7. The molecule has 0 N–H and O–H groups in total. The van der Waals surface area contributed by atoms with Crippen molar-refractivity contribution in [3.8, 4) is 17.6 Å². The predicted octanol–water partition coefficient (Wildman–Crippen LogP) is 4.19. The van der Waals surface area contributed by atoms with Crippen LogP contribution >= 0.6 is 0 Å². The standard InChI is InChI=1S/C23H21NO5/c1-4-28-22(25)23(15-24)13-20(16-5-9-18(26-2)10-6-16)29-21(14-23)17-7-11-19(27-3)12-8-17/h5-14H,4H2,1-3H3. The molecule has 6 heteroatoms. The van der Waals surface area contributed by atoms with Gasteiger partial charge in [0, 0.05) is 11.1 Å². The highest BCUT2D eigenvalue weighted by atomic mass is 16.5. The number of carbonyl (C=O) groups is 1. The molecule has 1 heterocycles. The summed E-state index contributed by atoms with van der Waals surface area (Å²) < 4.78 is 21.6. The van der Waals surface area contributed by atoms with Gasteiger partial charge in [0.2, 0.25) is 0 Å². The van der Waals surface area contributed by atoms with Gasteiger partial charge in [0.25, 0.3) is 0 Å². The molecule has 0 fully saturated rings. The lowest BCUT2D eigenvalue weighted by Crippen LogP contribution is -2.30. The highest BCUT2D eigenvalue weighted by molar-refractivity contribution is 5.91. The molecule has 0 unspecified atom stereocenters. The molecule has 0 bridgehead atoms. The van der Waals surface area contributed by atoms with Crippen LogP contribution < -0.4 is 9.47 Å². The van der Waals surface area contributed by atoms with Crippen molar-refractivity contribution in [2.24, 2.45) is 5.41 Å². The van der Waals surface area contributed by atoms with E-state index in [9.17, 15) is 10.1 Å². The molecule has 0 amide bonds. The van der Waals surface area contributed by atoms with Gasteiger partial charge in [0.15, 0.2) is 5.41 Å². The summed E-state index contributed by atoms with van der Waals surface area (Å²) in [4.78, 5) is 12.7. The number of rotatable bonds is 6. The molecule has 148 valence electrons. The molecule has 0 spiro atoms. The minimum atomic E-state index is -1.60. The Balaban J connectivity index is 2.09. The third-order valence-electron chi connectivity index (χ3n) is 4.48. The molecule has 0 aromatic heterocycles. The molecule has 2 aromatic carbocycles. The van der Waals surface area contributed by atoms with Crippen molar-refractivity contribution in [3.63, 3.8) is 0 Å². The molecular formula is C23H21NO5. The molecule has 0 saturated carbocycles. The van der Waals surface area contributed by atoms with Crippen LogP contribution in [0.15, 0.2) is 60.7 Å². The Morgan fingerprint density at radius 2 is 1.38 bits per heavy atom. The number of methoxy groups -OCH3 is 2. The van der Waals surface area contributed by atoms with Gasteiger partial charge in [0.05, 0.1) is 26.9 Å². The Hall–Kier alpha value is -3.72. The van der Waals surface area contributed by atoms with E-state index in [1.54, 1.807) is 69.7 Å². The first-order valence-corrected chi connectivity index (χ1v) is 9.06. The molecule has 3 rings (SSSR count). The van der Waals surface area contributed by atoms with Crippen LogP contribution in [0.5, 0.6) is 11.5 Å². The first-order valence-electron chi connectivity index (χ1n) is 9.06. The summed E-state index contributed by atoms with van der Waals surface area (Å²) in [6, 6.07) is 16.4. The summed E-state index contributed by atoms with van der Waals surface area (Å²) in [5.74, 6) is 1.50. The molecule has 0 saturated heterocycles. The number of nitriles is 1. The van der Waals surface area contributed by atoms with Gasteiger partial charge in [-0.3, -0.25) is 0 Å². The largest absolute Gasteiger partial charge is 0.497 e. The van der Waals surface area contributed by atoms with Crippen molar-refractivity contribution in [3.05, 3.63) is 71.8 Å². The van der Waals surface area contributed by atoms with E-state index in [0.717, 1.165) is 0 Å². The van der Waals surface area contributed by atoms with Crippen molar-refractivity contribution in [2.45, 2.75) is 6.92 Å². The van der Waals surface area contributed by atoms with E-state index in [-0.39, 0.29) is 6.61 Å². The van der Waals surface area contributed by atoms with Crippen molar-refractivity contribution in [2.75, 3.05) is 20.8 Å². The van der Waals surface area contributed by atoms with E-state index < -0.39 is 11.4 Å². The van der Waals surface area contributed by atoms with E-state index in [0.29, 0.717) is 34.1 Å². The molecule has 6 nitrogen and oxygen atoms in total. The van der Waals surface area contributed by atoms with Gasteiger partial charge in [-0.05, 0) is 67.6 Å². The summed E-state index contributed by atoms with van der Waals surface area (Å²) in [5.41, 5.74) is -0.193. The van der Waals surface area contributed by atoms with Crippen molar-refractivity contribution < 1.29 is 23.7 Å². The lowest BCUT2D eigenvalue weighted by molar-refractivity contribution is -0.147. The van der Waals surface area contributed by atoms with E-state index >= 15 is 0 Å². The predicted molar refractivity (Wildman–Crippen MR) is 108 cm³/mol. The maximum atomic E-state index is 12.7. The summed E-state index contributed by atoms with van der Waals surface area (Å²) >= 11 is 0. The third-order valence-corrected chi connectivity index (χ3v) is 4.48. The van der Waals surface area contributed by atoms with Crippen molar-refractivity contribution in [1.29, 1.82) is 5.26 Å². The summed E-state index contributed by atoms with van der Waals surface area (Å²) in [7, 11) is 3.16. The quantitative estimate of drug-likeness (QED) is 0.687. The smallest absolute Gasteiger partial charge is 0.334 e. The van der Waals surface area contributed by atoms with Crippen molar-refractivity contribution >= 4 is 17.5 Å². The monoisotopic (exact) mass is 391 g/mol. The number of ether oxygens (including phenoxy) is 4. The fraction of sp³-hybridized carbons (Fsp3) is 0.217. The molecular weight excluding hydrogens is 370 g/mol. The van der Waals surface area contributed by atoms with Crippen molar-refractivity contribution in [1.82, 2.24) is 0 Å². The Morgan fingerprint density at radius 3 is 1.72 bits per heavy atom. The van der Waals surface area contributed by atoms with Gasteiger partial charge >= 0.3 is 5.97 Å². The zero-order valence-electron chi connectivity index (χ0n) is 16.5. The third kappa shape index (κ3) is 4.09. The minimum absolute atomic E-state index is 0.167. The van der Waals surface area contributed by atoms with Crippen LogP contribution in [0.4, 0.5) is 0 Å².